The topological polar surface area (TPSA) is 78.4 Å². The second kappa shape index (κ2) is 22.1. The summed E-state index contributed by atoms with van der Waals surface area (Å²) in [6.45, 7) is 5.78. The van der Waals surface area contributed by atoms with E-state index in [0.717, 1.165) is 36.5 Å². The van der Waals surface area contributed by atoms with E-state index in [1.165, 1.54) is 103 Å². The van der Waals surface area contributed by atoms with Gasteiger partial charge in [0.25, 0.3) is 11.8 Å². The molecular formula is C36H58N2O3. The summed E-state index contributed by atoms with van der Waals surface area (Å²) in [4.78, 5) is 25.5. The number of nitrogens with one attached hydrogen (secondary N) is 2. The van der Waals surface area contributed by atoms with Crippen LogP contribution in [0.25, 0.3) is 10.8 Å². The first-order chi connectivity index (χ1) is 20.1. The van der Waals surface area contributed by atoms with Gasteiger partial charge in [0.1, 0.15) is 5.75 Å². The largest absolute Gasteiger partial charge is 0.507 e. The summed E-state index contributed by atoms with van der Waals surface area (Å²) in [6.07, 6.45) is 25.2. The molecule has 2 aromatic rings. The van der Waals surface area contributed by atoms with E-state index in [4.69, 9.17) is 0 Å². The van der Waals surface area contributed by atoms with Gasteiger partial charge in [-0.15, -0.1) is 0 Å². The number of hydrogen-bond donors (Lipinski definition) is 3. The summed E-state index contributed by atoms with van der Waals surface area (Å²) in [5, 5.41) is 18.0. The first-order valence-electron chi connectivity index (χ1n) is 16.9. The Morgan fingerprint density at radius 1 is 0.537 bits per heavy atom. The molecule has 2 amide bonds. The van der Waals surface area contributed by atoms with Gasteiger partial charge in [-0.3, -0.25) is 9.59 Å². The Morgan fingerprint density at radius 2 is 0.976 bits per heavy atom. The molecule has 0 aromatic heterocycles. The summed E-state index contributed by atoms with van der Waals surface area (Å²) in [7, 11) is 0. The number of unbranched alkanes of at least 4 members (excludes halogenated alkanes) is 18. The third-order valence-corrected chi connectivity index (χ3v) is 8.09. The van der Waals surface area contributed by atoms with Gasteiger partial charge < -0.3 is 15.7 Å². The predicted octanol–water partition coefficient (Wildman–Crippen LogP) is 9.85. The van der Waals surface area contributed by atoms with Crippen molar-refractivity contribution < 1.29 is 14.7 Å². The van der Waals surface area contributed by atoms with Crippen molar-refractivity contribution in [3.63, 3.8) is 0 Å². The highest BCUT2D eigenvalue weighted by molar-refractivity contribution is 6.03. The summed E-state index contributed by atoms with van der Waals surface area (Å²) in [5.74, 6) is -0.393. The zero-order valence-corrected chi connectivity index (χ0v) is 26.2. The lowest BCUT2D eigenvalue weighted by molar-refractivity contribution is 0.0943. The van der Waals surface area contributed by atoms with Crippen LogP contribution in [-0.2, 0) is 0 Å². The monoisotopic (exact) mass is 566 g/mol. The normalized spacial score (nSPS) is 11.2. The maximum atomic E-state index is 12.8. The second-order valence-electron chi connectivity index (χ2n) is 11.8. The second-order valence-corrected chi connectivity index (χ2v) is 11.8. The van der Waals surface area contributed by atoms with Crippen molar-refractivity contribution in [1.82, 2.24) is 10.6 Å². The fourth-order valence-corrected chi connectivity index (χ4v) is 5.43. The molecular weight excluding hydrogens is 508 g/mol. The Morgan fingerprint density at radius 3 is 1.46 bits per heavy atom. The van der Waals surface area contributed by atoms with Crippen LogP contribution in [0.5, 0.6) is 5.75 Å². The van der Waals surface area contributed by atoms with Crippen molar-refractivity contribution in [1.29, 1.82) is 0 Å². The summed E-state index contributed by atoms with van der Waals surface area (Å²) >= 11 is 0. The van der Waals surface area contributed by atoms with E-state index < -0.39 is 0 Å². The molecule has 2 rings (SSSR count). The van der Waals surface area contributed by atoms with Crippen LogP contribution in [0, 0.1) is 0 Å². The lowest BCUT2D eigenvalue weighted by Gasteiger charge is -2.10. The number of carbonyl (C=O) groups excluding carboxylic acids is 2. The number of benzene rings is 2. The fourth-order valence-electron chi connectivity index (χ4n) is 5.43. The number of aromatic hydroxyl groups is 1. The molecule has 0 heterocycles. The van der Waals surface area contributed by atoms with E-state index in [-0.39, 0.29) is 23.1 Å². The third kappa shape index (κ3) is 14.8. The number of phenols is 1. The molecule has 2 aromatic carbocycles. The minimum absolute atomic E-state index is 0.0313. The van der Waals surface area contributed by atoms with E-state index in [1.807, 2.05) is 12.1 Å². The number of amides is 2. The first kappa shape index (κ1) is 34.6. The van der Waals surface area contributed by atoms with Gasteiger partial charge in [0, 0.05) is 18.7 Å². The Kier molecular flexibility index (Phi) is 18.7. The minimum Gasteiger partial charge on any atom is -0.507 e. The van der Waals surface area contributed by atoms with Crippen LogP contribution in [-0.4, -0.2) is 30.0 Å². The average Bonchev–Trinajstić information content (AvgIpc) is 2.97. The van der Waals surface area contributed by atoms with Crippen LogP contribution in [0.2, 0.25) is 0 Å². The minimum atomic E-state index is -0.267. The van der Waals surface area contributed by atoms with Gasteiger partial charge in [0.2, 0.25) is 0 Å². The molecule has 230 valence electrons. The van der Waals surface area contributed by atoms with E-state index in [1.54, 1.807) is 18.2 Å². The van der Waals surface area contributed by atoms with E-state index in [0.29, 0.717) is 18.7 Å². The molecule has 41 heavy (non-hydrogen) atoms. The number of rotatable bonds is 24. The summed E-state index contributed by atoms with van der Waals surface area (Å²) in [6, 6.07) is 8.71. The molecule has 0 aliphatic rings. The van der Waals surface area contributed by atoms with Crippen LogP contribution < -0.4 is 10.6 Å². The molecule has 0 saturated heterocycles. The highest BCUT2D eigenvalue weighted by Gasteiger charge is 2.14. The Bertz CT molecular complexity index is 1000. The molecule has 0 bridgehead atoms. The van der Waals surface area contributed by atoms with Crippen LogP contribution in [0.3, 0.4) is 0 Å². The standard InChI is InChI=1S/C36H58N2O3/c1-3-5-7-9-11-13-15-17-19-21-25-37-35(40)31-24-23-30-29-34(39)33(28-32(30)27-31)36(41)38-26-22-20-18-16-14-12-10-8-6-4-2/h23-24,27-29,39H,3-22,25-26H2,1-2H3,(H,37,40)(H,38,41). The van der Waals surface area contributed by atoms with Crippen molar-refractivity contribution in [2.75, 3.05) is 13.1 Å². The Labute approximate surface area is 250 Å². The molecule has 0 fully saturated rings. The molecule has 0 atom stereocenters. The Balaban J connectivity index is 1.68. The van der Waals surface area contributed by atoms with Crippen molar-refractivity contribution >= 4 is 22.6 Å². The number of hydrogen-bond acceptors (Lipinski definition) is 3. The van der Waals surface area contributed by atoms with Crippen molar-refractivity contribution in [2.45, 2.75) is 142 Å². The number of phenolic OH excluding ortho intramolecular Hbond substituents is 1. The average molecular weight is 567 g/mol. The molecule has 0 aliphatic heterocycles. The van der Waals surface area contributed by atoms with Crippen LogP contribution in [0.1, 0.15) is 163 Å². The van der Waals surface area contributed by atoms with Crippen LogP contribution in [0.15, 0.2) is 30.3 Å². The van der Waals surface area contributed by atoms with E-state index >= 15 is 0 Å². The highest BCUT2D eigenvalue weighted by atomic mass is 16.3. The smallest absolute Gasteiger partial charge is 0.255 e. The molecule has 0 radical (unpaired) electrons. The Hall–Kier alpha value is -2.56. The third-order valence-electron chi connectivity index (χ3n) is 8.09. The van der Waals surface area contributed by atoms with Gasteiger partial charge >= 0.3 is 0 Å². The molecule has 0 saturated carbocycles. The first-order valence-corrected chi connectivity index (χ1v) is 16.9. The molecule has 5 heteroatoms. The van der Waals surface area contributed by atoms with Gasteiger partial charge in [0.05, 0.1) is 5.56 Å². The highest BCUT2D eigenvalue weighted by Crippen LogP contribution is 2.26. The van der Waals surface area contributed by atoms with Crippen molar-refractivity contribution in [2.24, 2.45) is 0 Å². The summed E-state index contributed by atoms with van der Waals surface area (Å²) < 4.78 is 0. The quantitative estimate of drug-likeness (QED) is 0.111. The van der Waals surface area contributed by atoms with E-state index in [9.17, 15) is 14.7 Å². The zero-order chi connectivity index (χ0) is 29.5. The molecule has 3 N–H and O–H groups in total. The van der Waals surface area contributed by atoms with Crippen molar-refractivity contribution in [3.05, 3.63) is 41.5 Å². The van der Waals surface area contributed by atoms with Crippen LogP contribution in [0.4, 0.5) is 0 Å². The van der Waals surface area contributed by atoms with Crippen LogP contribution >= 0.6 is 0 Å². The van der Waals surface area contributed by atoms with E-state index in [2.05, 4.69) is 24.5 Å². The molecule has 0 unspecified atom stereocenters. The van der Waals surface area contributed by atoms with Gasteiger partial charge in [-0.2, -0.15) is 0 Å². The molecule has 0 aliphatic carbocycles. The number of fused-ring (bicyclic) bond motifs is 1. The summed E-state index contributed by atoms with van der Waals surface area (Å²) in [5.41, 5.74) is 0.833. The van der Waals surface area contributed by atoms with Gasteiger partial charge in [0.15, 0.2) is 0 Å². The predicted molar refractivity (Wildman–Crippen MR) is 174 cm³/mol. The lowest BCUT2D eigenvalue weighted by atomic mass is 10.0. The number of carbonyl (C=O) groups is 2. The van der Waals surface area contributed by atoms with Gasteiger partial charge in [-0.1, -0.05) is 135 Å². The maximum Gasteiger partial charge on any atom is 0.255 e. The fraction of sp³-hybridized carbons (Fsp3) is 0.667. The molecule has 0 spiro atoms. The molecule has 5 nitrogen and oxygen atoms in total. The van der Waals surface area contributed by atoms with Gasteiger partial charge in [-0.25, -0.2) is 0 Å². The van der Waals surface area contributed by atoms with Crippen molar-refractivity contribution in [3.8, 4) is 5.75 Å². The lowest BCUT2D eigenvalue weighted by Crippen LogP contribution is -2.25. The maximum absolute atomic E-state index is 12.8. The zero-order valence-electron chi connectivity index (χ0n) is 26.2. The SMILES string of the molecule is CCCCCCCCCCCCNC(=O)c1ccc2cc(O)c(C(=O)NCCCCCCCCCCCC)cc2c1. The van der Waals surface area contributed by atoms with Gasteiger partial charge in [-0.05, 0) is 47.9 Å².